The lowest BCUT2D eigenvalue weighted by molar-refractivity contribution is 0.709. The number of hydrogen-bond acceptors (Lipinski definition) is 3. The van der Waals surface area contributed by atoms with Crippen molar-refractivity contribution in [3.63, 3.8) is 0 Å². The molecule has 1 aromatic carbocycles. The number of fused-ring (bicyclic) bond motifs is 1. The summed E-state index contributed by atoms with van der Waals surface area (Å²) in [6.07, 6.45) is 3.65. The first-order valence-corrected chi connectivity index (χ1v) is 6.43. The van der Waals surface area contributed by atoms with E-state index in [1.54, 1.807) is 6.20 Å². The Hall–Kier alpha value is -1.85. The highest BCUT2D eigenvalue weighted by Gasteiger charge is 2.17. The van der Waals surface area contributed by atoms with E-state index in [2.05, 4.69) is 10.1 Å². The van der Waals surface area contributed by atoms with Crippen molar-refractivity contribution in [1.29, 1.82) is 0 Å². The van der Waals surface area contributed by atoms with Crippen LogP contribution in [0.1, 0.15) is 0 Å². The van der Waals surface area contributed by atoms with E-state index >= 15 is 0 Å². The number of imidazole rings is 1. The number of aromatic nitrogens is 4. The highest BCUT2D eigenvalue weighted by atomic mass is 35.5. The number of hydrogen-bond donors (Lipinski definition) is 1. The summed E-state index contributed by atoms with van der Waals surface area (Å²) in [5, 5.41) is 6.15. The van der Waals surface area contributed by atoms with Gasteiger partial charge in [0.05, 0.1) is 10.5 Å². The van der Waals surface area contributed by atoms with Crippen LogP contribution in [0.25, 0.3) is 22.4 Å². The highest BCUT2D eigenvalue weighted by Crippen LogP contribution is 2.32. The predicted molar refractivity (Wildman–Crippen MR) is 76.0 cm³/mol. The minimum atomic E-state index is 0.557. The fourth-order valence-electron chi connectivity index (χ4n) is 2.27. The summed E-state index contributed by atoms with van der Waals surface area (Å²) in [4.78, 5) is 4.38. The van der Waals surface area contributed by atoms with Gasteiger partial charge in [-0.15, -0.1) is 0 Å². The fourth-order valence-corrected chi connectivity index (χ4v) is 2.53. The van der Waals surface area contributed by atoms with E-state index in [4.69, 9.17) is 17.3 Å². The fraction of sp³-hybridized carbons (Fsp3) is 0.231. The molecule has 0 atom stereocenters. The van der Waals surface area contributed by atoms with Crippen LogP contribution in [0.4, 0.5) is 0 Å². The molecule has 3 aromatic rings. The van der Waals surface area contributed by atoms with Crippen LogP contribution < -0.4 is 5.73 Å². The number of nitrogens with two attached hydrogens (primary N) is 1. The maximum atomic E-state index is 6.31. The minimum Gasteiger partial charge on any atom is -0.329 e. The average molecular weight is 276 g/mol. The lowest BCUT2D eigenvalue weighted by Gasteiger charge is -2.04. The van der Waals surface area contributed by atoms with Crippen LogP contribution in [-0.4, -0.2) is 25.9 Å². The van der Waals surface area contributed by atoms with Gasteiger partial charge in [-0.2, -0.15) is 5.10 Å². The molecule has 0 aliphatic rings. The first kappa shape index (κ1) is 12.2. The van der Waals surface area contributed by atoms with Gasteiger partial charge in [-0.1, -0.05) is 17.7 Å². The van der Waals surface area contributed by atoms with E-state index in [1.807, 2.05) is 40.7 Å². The molecule has 0 saturated carbocycles. The molecule has 2 N–H and O–H groups in total. The molecule has 0 fully saturated rings. The molecule has 2 aromatic heterocycles. The third-order valence-corrected chi connectivity index (χ3v) is 3.44. The molecule has 0 saturated heterocycles. The number of rotatable bonds is 3. The number of benzene rings is 1. The van der Waals surface area contributed by atoms with Crippen LogP contribution in [0.15, 0.2) is 30.6 Å². The van der Waals surface area contributed by atoms with Crippen molar-refractivity contribution in [2.45, 2.75) is 6.54 Å². The summed E-state index contributed by atoms with van der Waals surface area (Å²) < 4.78 is 3.81. The van der Waals surface area contributed by atoms with E-state index in [1.165, 1.54) is 0 Å². The van der Waals surface area contributed by atoms with E-state index in [0.29, 0.717) is 18.1 Å². The molecule has 98 valence electrons. The van der Waals surface area contributed by atoms with Crippen molar-refractivity contribution in [2.24, 2.45) is 12.8 Å². The Kier molecular flexibility index (Phi) is 3.00. The Labute approximate surface area is 115 Å². The van der Waals surface area contributed by atoms with Gasteiger partial charge in [0.25, 0.3) is 0 Å². The Morgan fingerprint density at radius 2 is 2.21 bits per heavy atom. The molecule has 0 aliphatic heterocycles. The molecule has 0 spiro atoms. The molecule has 19 heavy (non-hydrogen) atoms. The van der Waals surface area contributed by atoms with Gasteiger partial charge in [-0.3, -0.25) is 4.68 Å². The van der Waals surface area contributed by atoms with Gasteiger partial charge in [0.1, 0.15) is 5.69 Å². The van der Waals surface area contributed by atoms with E-state index in [0.717, 1.165) is 22.4 Å². The second kappa shape index (κ2) is 4.68. The molecule has 0 aliphatic carbocycles. The van der Waals surface area contributed by atoms with Gasteiger partial charge in [-0.05, 0) is 12.1 Å². The van der Waals surface area contributed by atoms with Crippen LogP contribution in [0.5, 0.6) is 0 Å². The van der Waals surface area contributed by atoms with Crippen molar-refractivity contribution >= 4 is 22.5 Å². The topological polar surface area (TPSA) is 61.7 Å². The lowest BCUT2D eigenvalue weighted by Crippen LogP contribution is -2.10. The molecule has 0 unspecified atom stereocenters. The second-order valence-corrected chi connectivity index (χ2v) is 4.75. The highest BCUT2D eigenvalue weighted by molar-refractivity contribution is 6.36. The van der Waals surface area contributed by atoms with Crippen LogP contribution in [0.2, 0.25) is 5.02 Å². The molecular weight excluding hydrogens is 262 g/mol. The molecule has 6 heteroatoms. The number of halogens is 1. The number of nitrogens with zero attached hydrogens (tertiary/aromatic N) is 4. The van der Waals surface area contributed by atoms with E-state index in [9.17, 15) is 0 Å². The van der Waals surface area contributed by atoms with Crippen LogP contribution >= 0.6 is 11.6 Å². The van der Waals surface area contributed by atoms with Crippen LogP contribution in [0, 0.1) is 0 Å². The summed E-state index contributed by atoms with van der Waals surface area (Å²) >= 11 is 6.31. The van der Waals surface area contributed by atoms with Crippen molar-refractivity contribution in [3.8, 4) is 11.5 Å². The molecule has 0 radical (unpaired) electrons. The molecule has 0 amide bonds. The lowest BCUT2D eigenvalue weighted by atomic mass is 10.2. The summed E-state index contributed by atoms with van der Waals surface area (Å²) in [6, 6.07) is 5.78. The summed E-state index contributed by atoms with van der Waals surface area (Å²) in [5.41, 5.74) is 7.40. The van der Waals surface area contributed by atoms with Crippen LogP contribution in [-0.2, 0) is 13.6 Å². The zero-order chi connectivity index (χ0) is 13.4. The van der Waals surface area contributed by atoms with Gasteiger partial charge in [0.15, 0.2) is 5.82 Å². The third-order valence-electron chi connectivity index (χ3n) is 3.12. The average Bonchev–Trinajstić information content (AvgIpc) is 2.96. The molecule has 2 heterocycles. The van der Waals surface area contributed by atoms with Gasteiger partial charge < -0.3 is 10.3 Å². The van der Waals surface area contributed by atoms with Gasteiger partial charge in [0, 0.05) is 37.9 Å². The maximum absolute atomic E-state index is 6.31. The minimum absolute atomic E-state index is 0.557. The van der Waals surface area contributed by atoms with Crippen molar-refractivity contribution < 1.29 is 0 Å². The Bertz CT molecular complexity index is 728. The monoisotopic (exact) mass is 275 g/mol. The van der Waals surface area contributed by atoms with Gasteiger partial charge in [0.2, 0.25) is 0 Å². The standard InChI is InChI=1S/C13H14ClN5/c1-18-10-4-2-3-9(14)11(10)12(17-18)13-16-6-8-19(13)7-5-15/h2-4,6,8H,5,7,15H2,1H3. The Morgan fingerprint density at radius 3 is 3.00 bits per heavy atom. The summed E-state index contributed by atoms with van der Waals surface area (Å²) in [6.45, 7) is 1.26. The molecule has 3 rings (SSSR count). The molecular formula is C13H14ClN5. The predicted octanol–water partition coefficient (Wildman–Crippen LogP) is 2.05. The van der Waals surface area contributed by atoms with Crippen molar-refractivity contribution in [3.05, 3.63) is 35.6 Å². The van der Waals surface area contributed by atoms with Crippen molar-refractivity contribution in [1.82, 2.24) is 19.3 Å². The van der Waals surface area contributed by atoms with E-state index < -0.39 is 0 Å². The molecule has 5 nitrogen and oxygen atoms in total. The van der Waals surface area contributed by atoms with Gasteiger partial charge in [-0.25, -0.2) is 4.98 Å². The zero-order valence-corrected chi connectivity index (χ0v) is 11.3. The second-order valence-electron chi connectivity index (χ2n) is 4.34. The SMILES string of the molecule is Cn1nc(-c2nccn2CCN)c2c(Cl)cccc21. The summed E-state index contributed by atoms with van der Waals surface area (Å²) in [7, 11) is 1.90. The zero-order valence-electron chi connectivity index (χ0n) is 10.5. The Balaban J connectivity index is 2.28. The smallest absolute Gasteiger partial charge is 0.161 e. The number of aryl methyl sites for hydroxylation is 1. The van der Waals surface area contributed by atoms with Gasteiger partial charge >= 0.3 is 0 Å². The third kappa shape index (κ3) is 1.91. The first-order valence-electron chi connectivity index (χ1n) is 6.05. The maximum Gasteiger partial charge on any atom is 0.161 e. The van der Waals surface area contributed by atoms with Crippen molar-refractivity contribution in [2.75, 3.05) is 6.54 Å². The van der Waals surface area contributed by atoms with E-state index in [-0.39, 0.29) is 0 Å². The normalized spacial score (nSPS) is 11.3. The molecule has 0 bridgehead atoms. The quantitative estimate of drug-likeness (QED) is 0.796. The Morgan fingerprint density at radius 1 is 1.37 bits per heavy atom. The largest absolute Gasteiger partial charge is 0.329 e. The summed E-state index contributed by atoms with van der Waals surface area (Å²) in [5.74, 6) is 0.796. The van der Waals surface area contributed by atoms with Crippen LogP contribution in [0.3, 0.4) is 0 Å². The first-order chi connectivity index (χ1) is 9.22.